The Morgan fingerprint density at radius 2 is 2.25 bits per heavy atom. The van der Waals surface area contributed by atoms with Crippen molar-refractivity contribution in [3.05, 3.63) is 35.1 Å². The van der Waals surface area contributed by atoms with Crippen LogP contribution in [-0.4, -0.2) is 11.1 Å². The lowest BCUT2D eigenvalue weighted by Gasteiger charge is -2.09. The summed E-state index contributed by atoms with van der Waals surface area (Å²) in [5.74, 6) is 0.294. The molecule has 0 heterocycles. The fraction of sp³-hybridized carbons (Fsp3) is 0.417. The SMILES string of the molecule is CCC(C)SCc1ccc(C(=N)N)cc1F. The first-order chi connectivity index (χ1) is 7.54. The van der Waals surface area contributed by atoms with Crippen LogP contribution in [0.25, 0.3) is 0 Å². The van der Waals surface area contributed by atoms with E-state index in [0.717, 1.165) is 6.42 Å². The number of thioether (sulfide) groups is 1. The van der Waals surface area contributed by atoms with Crippen molar-refractivity contribution in [2.75, 3.05) is 0 Å². The zero-order valence-electron chi connectivity index (χ0n) is 9.59. The van der Waals surface area contributed by atoms with E-state index in [-0.39, 0.29) is 11.7 Å². The van der Waals surface area contributed by atoms with Crippen molar-refractivity contribution in [3.8, 4) is 0 Å². The second-order valence-corrected chi connectivity index (χ2v) is 5.18. The summed E-state index contributed by atoms with van der Waals surface area (Å²) in [6.45, 7) is 4.25. The van der Waals surface area contributed by atoms with Crippen LogP contribution in [0, 0.1) is 11.2 Å². The first-order valence-electron chi connectivity index (χ1n) is 5.29. The van der Waals surface area contributed by atoms with E-state index in [0.29, 0.717) is 22.1 Å². The Balaban J connectivity index is 2.72. The van der Waals surface area contributed by atoms with E-state index in [1.54, 1.807) is 23.9 Å². The standard InChI is InChI=1S/C12H17FN2S/c1-3-8(2)16-7-10-5-4-9(12(14)15)6-11(10)13/h4-6,8H,3,7H2,1-2H3,(H3,14,15). The monoisotopic (exact) mass is 240 g/mol. The molecule has 1 aromatic carbocycles. The molecule has 88 valence electrons. The van der Waals surface area contributed by atoms with Gasteiger partial charge in [0.1, 0.15) is 11.7 Å². The van der Waals surface area contributed by atoms with E-state index >= 15 is 0 Å². The summed E-state index contributed by atoms with van der Waals surface area (Å²) in [6, 6.07) is 4.73. The molecule has 0 amide bonds. The van der Waals surface area contributed by atoms with Crippen LogP contribution in [0.15, 0.2) is 18.2 Å². The van der Waals surface area contributed by atoms with Gasteiger partial charge < -0.3 is 5.73 Å². The van der Waals surface area contributed by atoms with Crippen molar-refractivity contribution in [1.82, 2.24) is 0 Å². The largest absolute Gasteiger partial charge is 0.384 e. The Hall–Kier alpha value is -1.03. The van der Waals surface area contributed by atoms with Gasteiger partial charge in [-0.25, -0.2) is 4.39 Å². The highest BCUT2D eigenvalue weighted by Crippen LogP contribution is 2.22. The lowest BCUT2D eigenvalue weighted by atomic mass is 10.1. The maximum Gasteiger partial charge on any atom is 0.127 e. The van der Waals surface area contributed by atoms with Crippen LogP contribution in [-0.2, 0) is 5.75 Å². The third-order valence-corrected chi connectivity index (χ3v) is 3.84. The quantitative estimate of drug-likeness (QED) is 0.613. The molecule has 0 bridgehead atoms. The Morgan fingerprint density at radius 3 is 2.75 bits per heavy atom. The van der Waals surface area contributed by atoms with Gasteiger partial charge in [-0.2, -0.15) is 11.8 Å². The van der Waals surface area contributed by atoms with Gasteiger partial charge in [-0.15, -0.1) is 0 Å². The molecular weight excluding hydrogens is 223 g/mol. The number of nitrogen functional groups attached to an aromatic ring is 1. The molecule has 16 heavy (non-hydrogen) atoms. The van der Waals surface area contributed by atoms with Crippen LogP contribution >= 0.6 is 11.8 Å². The zero-order chi connectivity index (χ0) is 12.1. The summed E-state index contributed by atoms with van der Waals surface area (Å²) in [4.78, 5) is 0. The number of rotatable bonds is 5. The van der Waals surface area contributed by atoms with E-state index < -0.39 is 0 Å². The summed E-state index contributed by atoms with van der Waals surface area (Å²) in [5.41, 5.74) is 6.40. The van der Waals surface area contributed by atoms with Crippen LogP contribution in [0.3, 0.4) is 0 Å². The smallest absolute Gasteiger partial charge is 0.127 e. The van der Waals surface area contributed by atoms with Crippen LogP contribution in [0.1, 0.15) is 31.4 Å². The van der Waals surface area contributed by atoms with Crippen LogP contribution < -0.4 is 5.73 Å². The molecule has 0 aromatic heterocycles. The average Bonchev–Trinajstić information content (AvgIpc) is 2.26. The molecule has 1 rings (SSSR count). The van der Waals surface area contributed by atoms with Crippen molar-refractivity contribution in [2.24, 2.45) is 5.73 Å². The second-order valence-electron chi connectivity index (χ2n) is 3.75. The van der Waals surface area contributed by atoms with Gasteiger partial charge in [-0.05, 0) is 18.1 Å². The first-order valence-corrected chi connectivity index (χ1v) is 6.34. The lowest BCUT2D eigenvalue weighted by molar-refractivity contribution is 0.617. The summed E-state index contributed by atoms with van der Waals surface area (Å²) < 4.78 is 13.6. The van der Waals surface area contributed by atoms with Gasteiger partial charge >= 0.3 is 0 Å². The van der Waals surface area contributed by atoms with Crippen LogP contribution in [0.2, 0.25) is 0 Å². The fourth-order valence-corrected chi connectivity index (χ4v) is 2.12. The first kappa shape index (κ1) is 13.0. The molecule has 1 aromatic rings. The van der Waals surface area contributed by atoms with Gasteiger partial charge in [0, 0.05) is 16.6 Å². The van der Waals surface area contributed by atoms with E-state index in [1.165, 1.54) is 6.07 Å². The predicted molar refractivity (Wildman–Crippen MR) is 68.5 cm³/mol. The summed E-state index contributed by atoms with van der Waals surface area (Å²) in [7, 11) is 0. The molecule has 2 nitrogen and oxygen atoms in total. The topological polar surface area (TPSA) is 49.9 Å². The van der Waals surface area contributed by atoms with Crippen LogP contribution in [0.5, 0.6) is 0 Å². The van der Waals surface area contributed by atoms with Crippen molar-refractivity contribution in [3.63, 3.8) is 0 Å². The highest BCUT2D eigenvalue weighted by atomic mass is 32.2. The molecule has 0 aliphatic rings. The third kappa shape index (κ3) is 3.52. The Morgan fingerprint density at radius 1 is 1.56 bits per heavy atom. The lowest BCUT2D eigenvalue weighted by Crippen LogP contribution is -2.11. The van der Waals surface area contributed by atoms with Gasteiger partial charge in [-0.1, -0.05) is 26.0 Å². The van der Waals surface area contributed by atoms with Gasteiger partial charge in [-0.3, -0.25) is 5.41 Å². The van der Waals surface area contributed by atoms with Crippen molar-refractivity contribution >= 4 is 17.6 Å². The van der Waals surface area contributed by atoms with Gasteiger partial charge in [0.05, 0.1) is 0 Å². The molecule has 1 atom stereocenters. The van der Waals surface area contributed by atoms with Gasteiger partial charge in [0.25, 0.3) is 0 Å². The number of halogens is 1. The highest BCUT2D eigenvalue weighted by molar-refractivity contribution is 7.99. The predicted octanol–water partition coefficient (Wildman–Crippen LogP) is 3.14. The molecule has 3 N–H and O–H groups in total. The van der Waals surface area contributed by atoms with E-state index in [2.05, 4.69) is 13.8 Å². The Labute approximate surface area is 99.9 Å². The number of nitrogens with two attached hydrogens (primary N) is 1. The van der Waals surface area contributed by atoms with Crippen molar-refractivity contribution in [2.45, 2.75) is 31.3 Å². The van der Waals surface area contributed by atoms with Crippen molar-refractivity contribution in [1.29, 1.82) is 5.41 Å². The summed E-state index contributed by atoms with van der Waals surface area (Å²) in [5, 5.41) is 7.74. The number of benzene rings is 1. The minimum absolute atomic E-state index is 0.0972. The minimum atomic E-state index is -0.275. The summed E-state index contributed by atoms with van der Waals surface area (Å²) in [6.07, 6.45) is 1.08. The summed E-state index contributed by atoms with van der Waals surface area (Å²) >= 11 is 1.73. The van der Waals surface area contributed by atoms with Gasteiger partial charge in [0.15, 0.2) is 0 Å². The average molecular weight is 240 g/mol. The molecule has 0 aliphatic carbocycles. The minimum Gasteiger partial charge on any atom is -0.384 e. The molecule has 1 unspecified atom stereocenters. The molecule has 0 spiro atoms. The number of hydrogen-bond donors (Lipinski definition) is 2. The van der Waals surface area contributed by atoms with Crippen LogP contribution in [0.4, 0.5) is 4.39 Å². The highest BCUT2D eigenvalue weighted by Gasteiger charge is 2.07. The van der Waals surface area contributed by atoms with Gasteiger partial charge in [0.2, 0.25) is 0 Å². The number of hydrogen-bond acceptors (Lipinski definition) is 2. The normalized spacial score (nSPS) is 12.4. The third-order valence-electron chi connectivity index (χ3n) is 2.46. The fourth-order valence-electron chi connectivity index (χ4n) is 1.18. The molecule has 0 fully saturated rings. The number of amidine groups is 1. The second kappa shape index (κ2) is 5.89. The van der Waals surface area contributed by atoms with Crippen molar-refractivity contribution < 1.29 is 4.39 Å². The molecule has 0 aliphatic heterocycles. The molecule has 4 heteroatoms. The molecule has 0 saturated carbocycles. The molecule has 0 saturated heterocycles. The Bertz CT molecular complexity index is 379. The Kier molecular flexibility index (Phi) is 4.80. The maximum absolute atomic E-state index is 13.6. The molecular formula is C12H17FN2S. The van der Waals surface area contributed by atoms with E-state index in [9.17, 15) is 4.39 Å². The zero-order valence-corrected chi connectivity index (χ0v) is 10.4. The molecule has 0 radical (unpaired) electrons. The number of nitrogens with one attached hydrogen (secondary N) is 1. The maximum atomic E-state index is 13.6. The van der Waals surface area contributed by atoms with E-state index in [4.69, 9.17) is 11.1 Å². The van der Waals surface area contributed by atoms with E-state index in [1.807, 2.05) is 0 Å².